The third-order valence-corrected chi connectivity index (χ3v) is 4.59. The summed E-state index contributed by atoms with van der Waals surface area (Å²) in [5, 5.41) is 4.01. The van der Waals surface area contributed by atoms with Crippen molar-refractivity contribution in [2.45, 2.75) is 25.5 Å². The van der Waals surface area contributed by atoms with Crippen molar-refractivity contribution in [3.63, 3.8) is 0 Å². The first-order chi connectivity index (χ1) is 12.1. The predicted molar refractivity (Wildman–Crippen MR) is 96.0 cm³/mol. The number of rotatable bonds is 4. The van der Waals surface area contributed by atoms with E-state index >= 15 is 0 Å². The highest BCUT2D eigenvalue weighted by Crippen LogP contribution is 2.21. The molecule has 25 heavy (non-hydrogen) atoms. The standard InChI is InChI=1S/C17H18Cl2N4O2/c18-13-2-1-12(15(19)9-13)10-22-17(24)23-7-3-14(4-8-23)25-16-11-20-5-6-21-16/h1-2,5-6,9,11,14H,3-4,7-8,10H2,(H,22,24). The van der Waals surface area contributed by atoms with Crippen molar-refractivity contribution in [2.75, 3.05) is 13.1 Å². The Balaban J connectivity index is 1.45. The Morgan fingerprint density at radius 1 is 1.28 bits per heavy atom. The smallest absolute Gasteiger partial charge is 0.317 e. The highest BCUT2D eigenvalue weighted by atomic mass is 35.5. The van der Waals surface area contributed by atoms with Crippen LogP contribution in [0.15, 0.2) is 36.8 Å². The van der Waals surface area contributed by atoms with Crippen LogP contribution in [-0.4, -0.2) is 40.1 Å². The number of hydrogen-bond donors (Lipinski definition) is 1. The van der Waals surface area contributed by atoms with Crippen molar-refractivity contribution in [1.82, 2.24) is 20.2 Å². The Morgan fingerprint density at radius 3 is 2.76 bits per heavy atom. The number of piperidine rings is 1. The average Bonchev–Trinajstić information content (AvgIpc) is 2.62. The molecule has 132 valence electrons. The highest BCUT2D eigenvalue weighted by Gasteiger charge is 2.24. The molecule has 6 nitrogen and oxygen atoms in total. The molecule has 1 N–H and O–H groups in total. The molecule has 1 fully saturated rings. The van der Waals surface area contributed by atoms with Gasteiger partial charge in [-0.2, -0.15) is 0 Å². The summed E-state index contributed by atoms with van der Waals surface area (Å²) in [5.41, 5.74) is 0.834. The Kier molecular flexibility index (Phi) is 5.94. The van der Waals surface area contributed by atoms with Gasteiger partial charge in [0.2, 0.25) is 5.88 Å². The van der Waals surface area contributed by atoms with Gasteiger partial charge < -0.3 is 15.0 Å². The summed E-state index contributed by atoms with van der Waals surface area (Å²) >= 11 is 12.0. The lowest BCUT2D eigenvalue weighted by Gasteiger charge is -2.31. The number of likely N-dealkylation sites (tertiary alicyclic amines) is 1. The topological polar surface area (TPSA) is 67.4 Å². The van der Waals surface area contributed by atoms with Crippen LogP contribution in [0.1, 0.15) is 18.4 Å². The summed E-state index contributed by atoms with van der Waals surface area (Å²) in [4.78, 5) is 22.2. The number of aromatic nitrogens is 2. The minimum absolute atomic E-state index is 0.0476. The molecule has 1 aliphatic heterocycles. The van der Waals surface area contributed by atoms with E-state index in [1.54, 1.807) is 35.6 Å². The number of urea groups is 1. The molecule has 2 aromatic rings. The number of nitrogens with zero attached hydrogens (tertiary/aromatic N) is 3. The number of hydrogen-bond acceptors (Lipinski definition) is 4. The lowest BCUT2D eigenvalue weighted by molar-refractivity contribution is 0.107. The summed E-state index contributed by atoms with van der Waals surface area (Å²) in [6.45, 7) is 1.63. The van der Waals surface area contributed by atoms with Crippen LogP contribution in [0.2, 0.25) is 10.0 Å². The molecule has 0 unspecified atom stereocenters. The molecule has 2 amide bonds. The molecule has 1 aliphatic rings. The maximum Gasteiger partial charge on any atom is 0.317 e. The summed E-state index contributed by atoms with van der Waals surface area (Å²) in [7, 11) is 0. The van der Waals surface area contributed by atoms with Crippen LogP contribution in [-0.2, 0) is 6.54 Å². The van der Waals surface area contributed by atoms with E-state index in [9.17, 15) is 4.79 Å². The Labute approximate surface area is 156 Å². The van der Waals surface area contributed by atoms with Crippen molar-refractivity contribution in [2.24, 2.45) is 0 Å². The van der Waals surface area contributed by atoms with Crippen molar-refractivity contribution in [3.05, 3.63) is 52.4 Å². The van der Waals surface area contributed by atoms with E-state index in [4.69, 9.17) is 27.9 Å². The third-order valence-electron chi connectivity index (χ3n) is 4.00. The van der Waals surface area contributed by atoms with Crippen LogP contribution >= 0.6 is 23.2 Å². The maximum atomic E-state index is 12.3. The van der Waals surface area contributed by atoms with Crippen LogP contribution < -0.4 is 10.1 Å². The molecule has 3 rings (SSSR count). The van der Waals surface area contributed by atoms with E-state index in [1.807, 2.05) is 6.07 Å². The first-order valence-corrected chi connectivity index (χ1v) is 8.77. The van der Waals surface area contributed by atoms with Crippen LogP contribution in [0.5, 0.6) is 5.88 Å². The zero-order valence-electron chi connectivity index (χ0n) is 13.5. The van der Waals surface area contributed by atoms with Gasteiger partial charge in [0.15, 0.2) is 0 Å². The first kappa shape index (κ1) is 17.8. The monoisotopic (exact) mass is 380 g/mol. The van der Waals surface area contributed by atoms with Crippen LogP contribution in [0.3, 0.4) is 0 Å². The number of nitrogens with one attached hydrogen (secondary N) is 1. The van der Waals surface area contributed by atoms with Gasteiger partial charge in [-0.1, -0.05) is 29.3 Å². The lowest BCUT2D eigenvalue weighted by atomic mass is 10.1. The molecule has 1 aromatic heterocycles. The second-order valence-corrected chi connectivity index (χ2v) is 6.59. The van der Waals surface area contributed by atoms with Crippen LogP contribution in [0, 0.1) is 0 Å². The minimum atomic E-state index is -0.107. The summed E-state index contributed by atoms with van der Waals surface area (Å²) in [6, 6.07) is 5.12. The van der Waals surface area contributed by atoms with Gasteiger partial charge in [0.05, 0.1) is 6.20 Å². The van der Waals surface area contributed by atoms with Crippen molar-refractivity contribution in [1.29, 1.82) is 0 Å². The van der Waals surface area contributed by atoms with Gasteiger partial charge in [-0.25, -0.2) is 9.78 Å². The highest BCUT2D eigenvalue weighted by molar-refractivity contribution is 6.35. The van der Waals surface area contributed by atoms with Gasteiger partial charge in [-0.3, -0.25) is 4.98 Å². The van der Waals surface area contributed by atoms with E-state index in [0.717, 1.165) is 18.4 Å². The van der Waals surface area contributed by atoms with Gasteiger partial charge in [0.1, 0.15) is 6.10 Å². The SMILES string of the molecule is O=C(NCc1ccc(Cl)cc1Cl)N1CCC(Oc2cnccn2)CC1. The molecule has 1 aromatic carbocycles. The van der Waals surface area contributed by atoms with Gasteiger partial charge >= 0.3 is 6.03 Å². The fourth-order valence-corrected chi connectivity index (χ4v) is 3.12. The molecule has 0 spiro atoms. The van der Waals surface area contributed by atoms with Gasteiger partial charge in [-0.15, -0.1) is 0 Å². The molecule has 0 bridgehead atoms. The molecular formula is C17H18Cl2N4O2. The van der Waals surface area contributed by atoms with Crippen molar-refractivity contribution in [3.8, 4) is 5.88 Å². The zero-order chi connectivity index (χ0) is 17.6. The van der Waals surface area contributed by atoms with Crippen LogP contribution in [0.4, 0.5) is 4.79 Å². The fourth-order valence-electron chi connectivity index (χ4n) is 2.64. The quantitative estimate of drug-likeness (QED) is 0.880. The number of carbonyl (C=O) groups is 1. The molecule has 0 saturated carbocycles. The average molecular weight is 381 g/mol. The number of carbonyl (C=O) groups excluding carboxylic acids is 1. The Hall–Kier alpha value is -2.05. The summed E-state index contributed by atoms with van der Waals surface area (Å²) in [5.74, 6) is 0.516. The molecule has 0 radical (unpaired) electrons. The fraction of sp³-hybridized carbons (Fsp3) is 0.353. The number of benzene rings is 1. The van der Waals surface area contributed by atoms with Gasteiger partial charge in [0.25, 0.3) is 0 Å². The summed E-state index contributed by atoms with van der Waals surface area (Å²) < 4.78 is 5.78. The van der Waals surface area contributed by atoms with E-state index in [0.29, 0.717) is 35.6 Å². The normalized spacial score (nSPS) is 15.0. The molecule has 2 heterocycles. The molecule has 8 heteroatoms. The van der Waals surface area contributed by atoms with Gasteiger partial charge in [0, 0.05) is 54.9 Å². The lowest BCUT2D eigenvalue weighted by Crippen LogP contribution is -2.46. The van der Waals surface area contributed by atoms with E-state index in [1.165, 1.54) is 0 Å². The number of halogens is 2. The van der Waals surface area contributed by atoms with Crippen molar-refractivity contribution < 1.29 is 9.53 Å². The summed E-state index contributed by atoms with van der Waals surface area (Å²) in [6.07, 6.45) is 6.35. The number of amides is 2. The first-order valence-electron chi connectivity index (χ1n) is 8.01. The molecule has 0 aliphatic carbocycles. The predicted octanol–water partition coefficient (Wildman–Crippen LogP) is 3.54. The molecular weight excluding hydrogens is 363 g/mol. The minimum Gasteiger partial charge on any atom is -0.473 e. The van der Waals surface area contributed by atoms with E-state index in [2.05, 4.69) is 15.3 Å². The molecule has 1 saturated heterocycles. The van der Waals surface area contributed by atoms with Crippen molar-refractivity contribution >= 4 is 29.2 Å². The van der Waals surface area contributed by atoms with Gasteiger partial charge in [-0.05, 0) is 17.7 Å². The second kappa shape index (κ2) is 8.36. The Morgan fingerprint density at radius 2 is 2.08 bits per heavy atom. The largest absolute Gasteiger partial charge is 0.473 e. The van der Waals surface area contributed by atoms with E-state index in [-0.39, 0.29) is 12.1 Å². The number of ether oxygens (including phenoxy) is 1. The van der Waals surface area contributed by atoms with E-state index < -0.39 is 0 Å². The van der Waals surface area contributed by atoms with Crippen LogP contribution in [0.25, 0.3) is 0 Å². The third kappa shape index (κ3) is 4.96. The molecule has 0 atom stereocenters. The maximum absolute atomic E-state index is 12.3. The second-order valence-electron chi connectivity index (χ2n) is 5.74. The zero-order valence-corrected chi connectivity index (χ0v) is 15.0. The Bertz CT molecular complexity index is 722.